The molecule has 6 heteroatoms. The normalized spacial score (nSPS) is 16.7. The van der Waals surface area contributed by atoms with E-state index in [-0.39, 0.29) is 24.2 Å². The molecule has 20 heavy (non-hydrogen) atoms. The first kappa shape index (κ1) is 16.5. The summed E-state index contributed by atoms with van der Waals surface area (Å²) >= 11 is 0. The highest BCUT2D eigenvalue weighted by atomic mass is 16.6. The Kier molecular flexibility index (Phi) is 5.53. The second-order valence-corrected chi connectivity index (χ2v) is 5.94. The van der Waals surface area contributed by atoms with E-state index in [0.29, 0.717) is 25.9 Å². The molecule has 0 spiro atoms. The number of esters is 2. The van der Waals surface area contributed by atoms with Gasteiger partial charge in [-0.25, -0.2) is 0 Å². The number of methoxy groups -OCH3 is 1. The Morgan fingerprint density at radius 2 is 1.70 bits per heavy atom. The van der Waals surface area contributed by atoms with Crippen LogP contribution in [0.15, 0.2) is 0 Å². The summed E-state index contributed by atoms with van der Waals surface area (Å²) < 4.78 is 9.80. The van der Waals surface area contributed by atoms with Crippen LogP contribution in [0.2, 0.25) is 0 Å². The van der Waals surface area contributed by atoms with Gasteiger partial charge in [0.05, 0.1) is 13.0 Å². The van der Waals surface area contributed by atoms with E-state index in [0.717, 1.165) is 0 Å². The van der Waals surface area contributed by atoms with Crippen LogP contribution in [-0.4, -0.2) is 48.5 Å². The van der Waals surface area contributed by atoms with Gasteiger partial charge in [0.1, 0.15) is 12.0 Å². The van der Waals surface area contributed by atoms with E-state index in [1.54, 1.807) is 4.90 Å². The van der Waals surface area contributed by atoms with Crippen molar-refractivity contribution in [2.24, 2.45) is 5.92 Å². The minimum Gasteiger partial charge on any atom is -0.469 e. The molecule has 0 N–H and O–H groups in total. The van der Waals surface area contributed by atoms with Gasteiger partial charge in [0.2, 0.25) is 5.91 Å². The van der Waals surface area contributed by atoms with Crippen LogP contribution in [0.5, 0.6) is 0 Å². The fourth-order valence-corrected chi connectivity index (χ4v) is 2.06. The molecule has 6 nitrogen and oxygen atoms in total. The summed E-state index contributed by atoms with van der Waals surface area (Å²) in [6.45, 7) is 6.44. The van der Waals surface area contributed by atoms with Crippen molar-refractivity contribution in [2.45, 2.75) is 45.6 Å². The lowest BCUT2D eigenvalue weighted by molar-refractivity contribution is -0.163. The second kappa shape index (κ2) is 6.72. The number of hydrogen-bond acceptors (Lipinski definition) is 5. The predicted molar refractivity (Wildman–Crippen MR) is 71.8 cm³/mol. The first-order valence-electron chi connectivity index (χ1n) is 6.80. The van der Waals surface area contributed by atoms with Crippen molar-refractivity contribution in [3.05, 3.63) is 0 Å². The van der Waals surface area contributed by atoms with Crippen LogP contribution in [-0.2, 0) is 23.9 Å². The Morgan fingerprint density at radius 3 is 2.15 bits per heavy atom. The monoisotopic (exact) mass is 285 g/mol. The number of likely N-dealkylation sites (tertiary alicyclic amines) is 1. The quantitative estimate of drug-likeness (QED) is 0.574. The van der Waals surface area contributed by atoms with Gasteiger partial charge in [0.15, 0.2) is 0 Å². The molecular weight excluding hydrogens is 262 g/mol. The summed E-state index contributed by atoms with van der Waals surface area (Å²) in [5.74, 6) is -1.17. The molecular formula is C14H23NO5. The Hall–Kier alpha value is -1.59. The van der Waals surface area contributed by atoms with Crippen LogP contribution < -0.4 is 0 Å². The summed E-state index contributed by atoms with van der Waals surface area (Å²) in [4.78, 5) is 36.3. The minimum atomic E-state index is -0.538. The van der Waals surface area contributed by atoms with Crippen LogP contribution in [0.1, 0.15) is 40.0 Å². The van der Waals surface area contributed by atoms with Gasteiger partial charge in [-0.05, 0) is 33.6 Å². The number of rotatable bonds is 3. The van der Waals surface area contributed by atoms with E-state index in [2.05, 4.69) is 4.74 Å². The van der Waals surface area contributed by atoms with Gasteiger partial charge in [-0.2, -0.15) is 0 Å². The SMILES string of the molecule is COC(=O)CC(=O)N1CCC(C(=O)OC(C)(C)C)CC1. The summed E-state index contributed by atoms with van der Waals surface area (Å²) in [7, 11) is 1.25. The molecule has 1 saturated heterocycles. The molecule has 1 aliphatic rings. The molecule has 0 bridgehead atoms. The van der Waals surface area contributed by atoms with Crippen molar-refractivity contribution >= 4 is 17.8 Å². The van der Waals surface area contributed by atoms with Gasteiger partial charge in [-0.3, -0.25) is 14.4 Å². The van der Waals surface area contributed by atoms with Crippen LogP contribution in [0.3, 0.4) is 0 Å². The van der Waals surface area contributed by atoms with Crippen LogP contribution in [0.25, 0.3) is 0 Å². The van der Waals surface area contributed by atoms with E-state index in [1.165, 1.54) is 7.11 Å². The Balaban J connectivity index is 2.42. The number of carbonyl (C=O) groups is 3. The third kappa shape index (κ3) is 5.19. The average Bonchev–Trinajstić information content (AvgIpc) is 2.36. The molecule has 0 saturated carbocycles. The molecule has 1 fully saturated rings. The number of carbonyl (C=O) groups excluding carboxylic acids is 3. The van der Waals surface area contributed by atoms with Gasteiger partial charge in [0.25, 0.3) is 0 Å². The zero-order valence-electron chi connectivity index (χ0n) is 12.6. The number of nitrogens with zero attached hydrogens (tertiary/aromatic N) is 1. The molecule has 1 amide bonds. The highest BCUT2D eigenvalue weighted by Gasteiger charge is 2.31. The molecule has 0 aliphatic carbocycles. The third-order valence-corrected chi connectivity index (χ3v) is 3.11. The van der Waals surface area contributed by atoms with Crippen molar-refractivity contribution in [3.63, 3.8) is 0 Å². The molecule has 1 heterocycles. The maximum atomic E-state index is 11.9. The molecule has 0 atom stereocenters. The van der Waals surface area contributed by atoms with E-state index < -0.39 is 11.6 Å². The fourth-order valence-electron chi connectivity index (χ4n) is 2.06. The number of ether oxygens (including phenoxy) is 2. The Bertz CT molecular complexity index is 378. The van der Waals surface area contributed by atoms with Crippen LogP contribution in [0.4, 0.5) is 0 Å². The molecule has 0 unspecified atom stereocenters. The van der Waals surface area contributed by atoms with E-state index >= 15 is 0 Å². The van der Waals surface area contributed by atoms with Crippen LogP contribution in [0, 0.1) is 5.92 Å². The highest BCUT2D eigenvalue weighted by Crippen LogP contribution is 2.21. The summed E-state index contributed by atoms with van der Waals surface area (Å²) in [5, 5.41) is 0. The van der Waals surface area contributed by atoms with Crippen molar-refractivity contribution in [1.82, 2.24) is 4.90 Å². The van der Waals surface area contributed by atoms with E-state index in [4.69, 9.17) is 4.74 Å². The minimum absolute atomic E-state index is 0.170. The van der Waals surface area contributed by atoms with Gasteiger partial charge in [-0.15, -0.1) is 0 Å². The Labute approximate surface area is 119 Å². The average molecular weight is 285 g/mol. The van der Waals surface area contributed by atoms with Crippen molar-refractivity contribution < 1.29 is 23.9 Å². The van der Waals surface area contributed by atoms with Gasteiger partial charge >= 0.3 is 11.9 Å². The molecule has 0 radical (unpaired) electrons. The molecule has 0 aromatic rings. The number of amides is 1. The molecule has 114 valence electrons. The lowest BCUT2D eigenvalue weighted by atomic mass is 9.96. The second-order valence-electron chi connectivity index (χ2n) is 5.94. The summed E-state index contributed by atoms with van der Waals surface area (Å²) in [5.41, 5.74) is -0.491. The van der Waals surface area contributed by atoms with Gasteiger partial charge < -0.3 is 14.4 Å². The van der Waals surface area contributed by atoms with E-state index in [1.807, 2.05) is 20.8 Å². The maximum Gasteiger partial charge on any atom is 0.315 e. The smallest absolute Gasteiger partial charge is 0.315 e. The zero-order chi connectivity index (χ0) is 15.3. The van der Waals surface area contributed by atoms with Crippen molar-refractivity contribution in [3.8, 4) is 0 Å². The molecule has 0 aromatic carbocycles. The number of hydrogen-bond donors (Lipinski definition) is 0. The molecule has 1 aliphatic heterocycles. The highest BCUT2D eigenvalue weighted by molar-refractivity contribution is 5.94. The summed E-state index contributed by atoms with van der Waals surface area (Å²) in [6, 6.07) is 0. The molecule has 0 aromatic heterocycles. The van der Waals surface area contributed by atoms with Gasteiger partial charge in [0, 0.05) is 13.1 Å². The lowest BCUT2D eigenvalue weighted by Crippen LogP contribution is -2.42. The maximum absolute atomic E-state index is 11.9. The topological polar surface area (TPSA) is 72.9 Å². The first-order chi connectivity index (χ1) is 9.23. The predicted octanol–water partition coefficient (Wildman–Crippen LogP) is 1.13. The standard InChI is InChI=1S/C14H23NO5/c1-14(2,3)20-13(18)10-5-7-15(8-6-10)11(16)9-12(17)19-4/h10H,5-9H2,1-4H3. The zero-order valence-corrected chi connectivity index (χ0v) is 12.6. The van der Waals surface area contributed by atoms with Crippen molar-refractivity contribution in [1.29, 1.82) is 0 Å². The number of piperidine rings is 1. The van der Waals surface area contributed by atoms with Crippen LogP contribution >= 0.6 is 0 Å². The fraction of sp³-hybridized carbons (Fsp3) is 0.786. The van der Waals surface area contributed by atoms with Gasteiger partial charge in [-0.1, -0.05) is 0 Å². The largest absolute Gasteiger partial charge is 0.469 e. The molecule has 1 rings (SSSR count). The van der Waals surface area contributed by atoms with E-state index in [9.17, 15) is 14.4 Å². The summed E-state index contributed by atoms with van der Waals surface area (Å²) in [6.07, 6.45) is 0.900. The Morgan fingerprint density at radius 1 is 1.15 bits per heavy atom. The third-order valence-electron chi connectivity index (χ3n) is 3.11. The van der Waals surface area contributed by atoms with Crippen molar-refractivity contribution in [2.75, 3.05) is 20.2 Å². The first-order valence-corrected chi connectivity index (χ1v) is 6.80. The lowest BCUT2D eigenvalue weighted by Gasteiger charge is -2.32.